The lowest BCUT2D eigenvalue weighted by Crippen LogP contribution is -2.17. The van der Waals surface area contributed by atoms with Crippen molar-refractivity contribution in [3.63, 3.8) is 0 Å². The SMILES string of the molecule is COc1cc(OC)c([N+](=O)[O-])cc1C=NNC(=O)c1ccc2c(c1)OCO2. The Labute approximate surface area is 153 Å². The third-order valence-corrected chi connectivity index (χ3v) is 3.73. The first-order valence-corrected chi connectivity index (χ1v) is 7.67. The van der Waals surface area contributed by atoms with Gasteiger partial charge < -0.3 is 18.9 Å². The van der Waals surface area contributed by atoms with E-state index in [-0.39, 0.29) is 18.2 Å². The van der Waals surface area contributed by atoms with Gasteiger partial charge in [-0.05, 0) is 18.2 Å². The van der Waals surface area contributed by atoms with Gasteiger partial charge in [-0.1, -0.05) is 0 Å². The molecule has 0 unspecified atom stereocenters. The molecule has 1 aliphatic rings. The van der Waals surface area contributed by atoms with Gasteiger partial charge in [-0.3, -0.25) is 14.9 Å². The molecule has 1 N–H and O–H groups in total. The monoisotopic (exact) mass is 373 g/mol. The van der Waals surface area contributed by atoms with Crippen molar-refractivity contribution in [2.45, 2.75) is 0 Å². The average molecular weight is 373 g/mol. The minimum atomic E-state index is -0.583. The molecule has 0 bridgehead atoms. The van der Waals surface area contributed by atoms with Gasteiger partial charge in [0.1, 0.15) is 5.75 Å². The highest BCUT2D eigenvalue weighted by atomic mass is 16.7. The smallest absolute Gasteiger partial charge is 0.311 e. The zero-order valence-electron chi connectivity index (χ0n) is 14.4. The quantitative estimate of drug-likeness (QED) is 0.467. The molecule has 0 radical (unpaired) electrons. The van der Waals surface area contributed by atoms with Crippen LogP contribution in [0, 0.1) is 10.1 Å². The lowest BCUT2D eigenvalue weighted by molar-refractivity contribution is -0.385. The summed E-state index contributed by atoms with van der Waals surface area (Å²) in [5.41, 5.74) is 2.72. The topological polar surface area (TPSA) is 122 Å². The van der Waals surface area contributed by atoms with Gasteiger partial charge in [0.2, 0.25) is 12.5 Å². The average Bonchev–Trinajstić information content (AvgIpc) is 3.15. The van der Waals surface area contributed by atoms with E-state index >= 15 is 0 Å². The second-order valence-electron chi connectivity index (χ2n) is 5.29. The van der Waals surface area contributed by atoms with E-state index in [4.69, 9.17) is 18.9 Å². The number of amides is 1. The van der Waals surface area contributed by atoms with Crippen LogP contribution in [0.5, 0.6) is 23.0 Å². The van der Waals surface area contributed by atoms with Crippen LogP contribution in [0.2, 0.25) is 0 Å². The van der Waals surface area contributed by atoms with Gasteiger partial charge in [0.15, 0.2) is 11.5 Å². The fraction of sp³-hybridized carbons (Fsp3) is 0.176. The number of carbonyl (C=O) groups excluding carboxylic acids is 1. The number of nitro groups is 1. The second kappa shape index (κ2) is 7.60. The number of rotatable bonds is 6. The summed E-state index contributed by atoms with van der Waals surface area (Å²) in [5, 5.41) is 15.0. The molecule has 1 heterocycles. The third-order valence-electron chi connectivity index (χ3n) is 3.73. The van der Waals surface area contributed by atoms with Crippen molar-refractivity contribution in [2.24, 2.45) is 5.10 Å². The molecular formula is C17H15N3O7. The molecule has 27 heavy (non-hydrogen) atoms. The highest BCUT2D eigenvalue weighted by molar-refractivity contribution is 5.96. The minimum Gasteiger partial charge on any atom is -0.496 e. The van der Waals surface area contributed by atoms with Crippen LogP contribution in [0.4, 0.5) is 5.69 Å². The standard InChI is InChI=1S/C17H15N3O7/c1-24-14-7-15(25-2)12(20(22)23)5-11(14)8-18-19-17(21)10-3-4-13-16(6-10)27-9-26-13/h3-8H,9H2,1-2H3,(H,19,21). The predicted octanol–water partition coefficient (Wildman–Crippen LogP) is 2.10. The predicted molar refractivity (Wildman–Crippen MR) is 93.8 cm³/mol. The van der Waals surface area contributed by atoms with E-state index in [2.05, 4.69) is 10.5 Å². The number of hydrazone groups is 1. The normalized spacial score (nSPS) is 12.1. The number of carbonyl (C=O) groups is 1. The molecule has 10 heteroatoms. The summed E-state index contributed by atoms with van der Waals surface area (Å²) in [6.45, 7) is 0.106. The summed E-state index contributed by atoms with van der Waals surface area (Å²) >= 11 is 0. The zero-order valence-corrected chi connectivity index (χ0v) is 14.4. The Hall–Kier alpha value is -3.82. The van der Waals surface area contributed by atoms with Crippen molar-refractivity contribution in [1.29, 1.82) is 0 Å². The fourth-order valence-electron chi connectivity index (χ4n) is 2.41. The molecule has 0 atom stereocenters. The van der Waals surface area contributed by atoms with Crippen LogP contribution < -0.4 is 24.4 Å². The molecule has 3 rings (SSSR count). The van der Waals surface area contributed by atoms with Gasteiger partial charge in [0.05, 0.1) is 25.4 Å². The number of fused-ring (bicyclic) bond motifs is 1. The van der Waals surface area contributed by atoms with Crippen LogP contribution in [-0.4, -0.2) is 38.1 Å². The molecule has 2 aromatic rings. The van der Waals surface area contributed by atoms with Crippen LogP contribution in [0.1, 0.15) is 15.9 Å². The molecule has 0 aromatic heterocycles. The molecule has 140 valence electrons. The van der Waals surface area contributed by atoms with E-state index in [1.54, 1.807) is 12.1 Å². The Bertz CT molecular complexity index is 927. The van der Waals surface area contributed by atoms with E-state index in [9.17, 15) is 14.9 Å². The number of methoxy groups -OCH3 is 2. The highest BCUT2D eigenvalue weighted by Gasteiger charge is 2.19. The number of nitrogens with zero attached hydrogens (tertiary/aromatic N) is 2. The maximum atomic E-state index is 12.2. The van der Waals surface area contributed by atoms with Crippen LogP contribution in [0.25, 0.3) is 0 Å². The van der Waals surface area contributed by atoms with Crippen molar-refractivity contribution in [1.82, 2.24) is 5.43 Å². The van der Waals surface area contributed by atoms with Crippen molar-refractivity contribution >= 4 is 17.8 Å². The summed E-state index contributed by atoms with van der Waals surface area (Å²) < 4.78 is 20.6. The first-order chi connectivity index (χ1) is 13.0. The lowest BCUT2D eigenvalue weighted by Gasteiger charge is -2.08. The first kappa shape index (κ1) is 18.0. The Balaban J connectivity index is 1.78. The largest absolute Gasteiger partial charge is 0.496 e. The second-order valence-corrected chi connectivity index (χ2v) is 5.29. The van der Waals surface area contributed by atoms with Crippen molar-refractivity contribution < 1.29 is 28.7 Å². The van der Waals surface area contributed by atoms with Crippen molar-refractivity contribution in [3.05, 3.63) is 51.6 Å². The van der Waals surface area contributed by atoms with Crippen LogP contribution in [0.15, 0.2) is 35.4 Å². The van der Waals surface area contributed by atoms with Crippen LogP contribution in [0.3, 0.4) is 0 Å². The van der Waals surface area contributed by atoms with Gasteiger partial charge in [-0.2, -0.15) is 5.10 Å². The molecule has 1 amide bonds. The molecular weight excluding hydrogens is 358 g/mol. The molecule has 0 fully saturated rings. The van der Waals surface area contributed by atoms with Crippen LogP contribution in [-0.2, 0) is 0 Å². The number of ether oxygens (including phenoxy) is 4. The number of nitro benzene ring substituents is 1. The number of hydrogen-bond donors (Lipinski definition) is 1. The number of nitrogens with one attached hydrogen (secondary N) is 1. The molecule has 0 saturated heterocycles. The molecule has 0 spiro atoms. The van der Waals surface area contributed by atoms with E-state index in [1.165, 1.54) is 38.6 Å². The Morgan fingerprint density at radius 1 is 1.19 bits per heavy atom. The van der Waals surface area contributed by atoms with E-state index in [0.29, 0.717) is 28.4 Å². The lowest BCUT2D eigenvalue weighted by atomic mass is 10.1. The van der Waals surface area contributed by atoms with Crippen LogP contribution >= 0.6 is 0 Å². The summed E-state index contributed by atoms with van der Waals surface area (Å²) in [6.07, 6.45) is 1.25. The Kier molecular flexibility index (Phi) is 5.06. The summed E-state index contributed by atoms with van der Waals surface area (Å²) in [4.78, 5) is 22.7. The van der Waals surface area contributed by atoms with E-state index in [0.717, 1.165) is 0 Å². The maximum Gasteiger partial charge on any atom is 0.311 e. The molecule has 2 aromatic carbocycles. The number of benzene rings is 2. The molecule has 0 aliphatic carbocycles. The van der Waals surface area contributed by atoms with Crippen molar-refractivity contribution in [3.8, 4) is 23.0 Å². The van der Waals surface area contributed by atoms with Gasteiger partial charge in [0, 0.05) is 23.3 Å². The molecule has 10 nitrogen and oxygen atoms in total. The summed E-state index contributed by atoms with van der Waals surface area (Å²) in [7, 11) is 2.73. The maximum absolute atomic E-state index is 12.2. The van der Waals surface area contributed by atoms with Gasteiger partial charge in [-0.15, -0.1) is 0 Å². The first-order valence-electron chi connectivity index (χ1n) is 7.67. The van der Waals surface area contributed by atoms with Crippen molar-refractivity contribution in [2.75, 3.05) is 21.0 Å². The third kappa shape index (κ3) is 3.73. The van der Waals surface area contributed by atoms with E-state index in [1.807, 2.05) is 0 Å². The number of hydrogen-bond acceptors (Lipinski definition) is 8. The van der Waals surface area contributed by atoms with Gasteiger partial charge in [-0.25, -0.2) is 5.43 Å². The highest BCUT2D eigenvalue weighted by Crippen LogP contribution is 2.34. The Morgan fingerprint density at radius 3 is 2.63 bits per heavy atom. The molecule has 1 aliphatic heterocycles. The van der Waals surface area contributed by atoms with Gasteiger partial charge in [0.25, 0.3) is 5.91 Å². The summed E-state index contributed by atoms with van der Waals surface area (Å²) in [6, 6.07) is 7.34. The minimum absolute atomic E-state index is 0.0541. The Morgan fingerprint density at radius 2 is 1.93 bits per heavy atom. The fourth-order valence-corrected chi connectivity index (χ4v) is 2.41. The zero-order chi connectivity index (χ0) is 19.4. The summed E-state index contributed by atoms with van der Waals surface area (Å²) in [5.74, 6) is 0.910. The molecule has 0 saturated carbocycles. The van der Waals surface area contributed by atoms with E-state index < -0.39 is 10.8 Å². The van der Waals surface area contributed by atoms with Gasteiger partial charge >= 0.3 is 5.69 Å².